The fourth-order valence-corrected chi connectivity index (χ4v) is 5.89. The first-order valence-corrected chi connectivity index (χ1v) is 8.88. The van der Waals surface area contributed by atoms with Gasteiger partial charge >= 0.3 is 5.97 Å². The van der Waals surface area contributed by atoms with Crippen LogP contribution in [-0.2, 0) is 0 Å². The van der Waals surface area contributed by atoms with Crippen molar-refractivity contribution in [2.45, 2.75) is 50.4 Å². The van der Waals surface area contributed by atoms with Crippen LogP contribution in [0.25, 0.3) is 0 Å². The minimum absolute atomic E-state index is 0.522. The normalized spacial score (nSPS) is 35.0. The Labute approximate surface area is 131 Å². The highest BCUT2D eigenvalue weighted by molar-refractivity contribution is 5.90. The van der Waals surface area contributed by atoms with Crippen molar-refractivity contribution in [2.75, 3.05) is 18.0 Å². The number of nitrogens with zero attached hydrogens (tertiary/aromatic N) is 1. The molecule has 0 amide bonds. The Morgan fingerprint density at radius 3 is 2.00 bits per heavy atom. The summed E-state index contributed by atoms with van der Waals surface area (Å²) in [4.78, 5) is 14.2. The van der Waals surface area contributed by atoms with Crippen molar-refractivity contribution >= 4 is 11.7 Å². The number of carboxylic acids is 1. The lowest BCUT2D eigenvalue weighted by molar-refractivity contribution is 0.0696. The summed E-state index contributed by atoms with van der Waals surface area (Å²) in [5.41, 5.74) is 4.70. The second-order valence-corrected chi connectivity index (χ2v) is 7.81. The van der Waals surface area contributed by atoms with Gasteiger partial charge in [0.2, 0.25) is 0 Å². The van der Waals surface area contributed by atoms with Crippen LogP contribution in [0.1, 0.15) is 71.8 Å². The molecule has 5 rings (SSSR count). The second kappa shape index (κ2) is 4.50. The van der Waals surface area contributed by atoms with Gasteiger partial charge in [-0.1, -0.05) is 12.8 Å². The summed E-state index contributed by atoms with van der Waals surface area (Å²) < 4.78 is 0. The number of carbonyl (C=O) groups is 1. The third kappa shape index (κ3) is 1.65. The monoisotopic (exact) mass is 297 g/mol. The molecule has 3 nitrogen and oxygen atoms in total. The molecule has 2 aliphatic heterocycles. The van der Waals surface area contributed by atoms with Gasteiger partial charge in [0.15, 0.2) is 0 Å². The topological polar surface area (TPSA) is 40.5 Å². The van der Waals surface area contributed by atoms with E-state index in [4.69, 9.17) is 0 Å². The van der Waals surface area contributed by atoms with Crippen molar-refractivity contribution in [1.82, 2.24) is 0 Å². The number of hydrogen-bond acceptors (Lipinski definition) is 2. The fraction of sp³-hybridized carbons (Fsp3) is 0.632. The number of benzene rings is 1. The van der Waals surface area contributed by atoms with Crippen molar-refractivity contribution in [3.8, 4) is 0 Å². The lowest BCUT2D eigenvalue weighted by Gasteiger charge is -2.46. The lowest BCUT2D eigenvalue weighted by Crippen LogP contribution is -2.43. The standard InChI is InChI=1S/C19H23NO2/c21-19(22)13-7-16-14-5-1-3-11(14)9-20-10-12-4-2-6-15(12)17(8-13)18(16)20/h7-8,11-12,14-15H,1-6,9-10H2,(H,21,22)/t11-,12-,14-,15+/m1/s1. The molecule has 0 bridgehead atoms. The van der Waals surface area contributed by atoms with E-state index in [9.17, 15) is 9.90 Å². The van der Waals surface area contributed by atoms with Crippen molar-refractivity contribution in [1.29, 1.82) is 0 Å². The van der Waals surface area contributed by atoms with Gasteiger partial charge in [0.05, 0.1) is 5.56 Å². The molecule has 2 aliphatic carbocycles. The zero-order valence-corrected chi connectivity index (χ0v) is 12.9. The maximum atomic E-state index is 11.6. The Bertz CT molecular complexity index is 608. The van der Waals surface area contributed by atoms with Crippen LogP contribution in [0.3, 0.4) is 0 Å². The summed E-state index contributed by atoms with van der Waals surface area (Å²) in [6, 6.07) is 4.01. The van der Waals surface area contributed by atoms with Crippen molar-refractivity contribution in [3.63, 3.8) is 0 Å². The molecule has 2 saturated carbocycles. The van der Waals surface area contributed by atoms with E-state index in [1.54, 1.807) is 0 Å². The number of fused-ring (bicyclic) bond motifs is 4. The predicted octanol–water partition coefficient (Wildman–Crippen LogP) is 3.99. The van der Waals surface area contributed by atoms with Crippen LogP contribution in [0.4, 0.5) is 5.69 Å². The first-order valence-electron chi connectivity index (χ1n) is 8.88. The van der Waals surface area contributed by atoms with Gasteiger partial charge in [-0.3, -0.25) is 0 Å². The highest BCUT2D eigenvalue weighted by Crippen LogP contribution is 2.55. The van der Waals surface area contributed by atoms with E-state index < -0.39 is 5.97 Å². The molecule has 4 aliphatic rings. The third-order valence-electron chi connectivity index (χ3n) is 6.76. The fourth-order valence-electron chi connectivity index (χ4n) is 5.89. The molecule has 2 fully saturated rings. The molecule has 0 aromatic heterocycles. The summed E-state index contributed by atoms with van der Waals surface area (Å²) in [5.74, 6) is 1.97. The highest BCUT2D eigenvalue weighted by atomic mass is 16.4. The molecule has 2 heterocycles. The number of hydrogen-bond donors (Lipinski definition) is 1. The Morgan fingerprint density at radius 2 is 1.50 bits per heavy atom. The minimum atomic E-state index is -0.758. The van der Waals surface area contributed by atoms with Crippen LogP contribution < -0.4 is 4.90 Å². The molecular formula is C19H23NO2. The number of aromatic carboxylic acids is 1. The van der Waals surface area contributed by atoms with E-state index in [0.29, 0.717) is 17.4 Å². The largest absolute Gasteiger partial charge is 0.478 e. The molecule has 1 N–H and O–H groups in total. The van der Waals surface area contributed by atoms with Gasteiger partial charge in [0.25, 0.3) is 0 Å². The van der Waals surface area contributed by atoms with Gasteiger partial charge in [-0.05, 0) is 72.6 Å². The lowest BCUT2D eigenvalue weighted by atomic mass is 9.74. The molecule has 0 saturated heterocycles. The molecule has 0 spiro atoms. The van der Waals surface area contributed by atoms with Crippen LogP contribution in [0, 0.1) is 11.8 Å². The SMILES string of the molecule is O=C(O)c1cc2c3c(c1)[C@@H]1CCC[C@@H]1CN3C[C@H]1CCC[C@H]21. The number of carboxylic acid groups (broad SMARTS) is 1. The van der Waals surface area contributed by atoms with Gasteiger partial charge < -0.3 is 10.0 Å². The van der Waals surface area contributed by atoms with E-state index in [1.165, 1.54) is 68.4 Å². The summed E-state index contributed by atoms with van der Waals surface area (Å²) in [6.07, 6.45) is 7.76. The van der Waals surface area contributed by atoms with E-state index in [-0.39, 0.29) is 0 Å². The number of rotatable bonds is 1. The van der Waals surface area contributed by atoms with Crippen LogP contribution in [0.5, 0.6) is 0 Å². The second-order valence-electron chi connectivity index (χ2n) is 7.81. The van der Waals surface area contributed by atoms with Gasteiger partial charge in [-0.2, -0.15) is 0 Å². The molecule has 0 radical (unpaired) electrons. The zero-order chi connectivity index (χ0) is 14.8. The Hall–Kier alpha value is -1.51. The Balaban J connectivity index is 1.74. The summed E-state index contributed by atoms with van der Waals surface area (Å²) >= 11 is 0. The van der Waals surface area contributed by atoms with Gasteiger partial charge in [0, 0.05) is 18.8 Å². The molecule has 1 aromatic rings. The van der Waals surface area contributed by atoms with Gasteiger partial charge in [-0.25, -0.2) is 4.79 Å². The number of anilines is 1. The molecule has 22 heavy (non-hydrogen) atoms. The Kier molecular flexibility index (Phi) is 2.65. The molecule has 0 unspecified atom stereocenters. The predicted molar refractivity (Wildman–Crippen MR) is 85.8 cm³/mol. The molecule has 1 aromatic carbocycles. The van der Waals surface area contributed by atoms with Gasteiger partial charge in [-0.15, -0.1) is 0 Å². The summed E-state index contributed by atoms with van der Waals surface area (Å²) in [7, 11) is 0. The summed E-state index contributed by atoms with van der Waals surface area (Å²) in [6.45, 7) is 2.42. The minimum Gasteiger partial charge on any atom is -0.478 e. The van der Waals surface area contributed by atoms with Crippen LogP contribution in [0.15, 0.2) is 12.1 Å². The van der Waals surface area contributed by atoms with Crippen LogP contribution >= 0.6 is 0 Å². The quantitative estimate of drug-likeness (QED) is 0.852. The molecule has 116 valence electrons. The maximum absolute atomic E-state index is 11.6. The van der Waals surface area contributed by atoms with E-state index in [2.05, 4.69) is 4.90 Å². The average Bonchev–Trinajstić information content (AvgIpc) is 3.15. The van der Waals surface area contributed by atoms with Crippen LogP contribution in [-0.4, -0.2) is 24.2 Å². The molecule has 3 heteroatoms. The van der Waals surface area contributed by atoms with E-state index >= 15 is 0 Å². The summed E-state index contributed by atoms with van der Waals surface area (Å²) in [5, 5.41) is 9.56. The first-order chi connectivity index (χ1) is 10.7. The van der Waals surface area contributed by atoms with Crippen LogP contribution in [0.2, 0.25) is 0 Å². The maximum Gasteiger partial charge on any atom is 0.335 e. The van der Waals surface area contributed by atoms with Crippen molar-refractivity contribution in [2.24, 2.45) is 11.8 Å². The molecular weight excluding hydrogens is 274 g/mol. The third-order valence-corrected chi connectivity index (χ3v) is 6.76. The zero-order valence-electron chi connectivity index (χ0n) is 12.9. The van der Waals surface area contributed by atoms with Crippen molar-refractivity contribution < 1.29 is 9.90 Å². The average molecular weight is 297 g/mol. The van der Waals surface area contributed by atoms with Crippen molar-refractivity contribution in [3.05, 3.63) is 28.8 Å². The highest BCUT2D eigenvalue weighted by Gasteiger charge is 2.44. The van der Waals surface area contributed by atoms with Gasteiger partial charge in [0.1, 0.15) is 0 Å². The molecule has 4 atom stereocenters. The smallest absolute Gasteiger partial charge is 0.335 e. The first kappa shape index (κ1) is 13.0. The Morgan fingerprint density at radius 1 is 0.955 bits per heavy atom. The van der Waals surface area contributed by atoms with E-state index in [0.717, 1.165) is 11.8 Å². The van der Waals surface area contributed by atoms with E-state index in [1.807, 2.05) is 12.1 Å².